The maximum atomic E-state index is 11.6. The van der Waals surface area contributed by atoms with Crippen LogP contribution in [0.3, 0.4) is 0 Å². The molecule has 0 aromatic carbocycles. The van der Waals surface area contributed by atoms with Gasteiger partial charge in [0.2, 0.25) is 5.91 Å². The lowest BCUT2D eigenvalue weighted by molar-refractivity contribution is -0.130. The highest BCUT2D eigenvalue weighted by Crippen LogP contribution is 2.06. The average molecular weight is 211 g/mol. The number of hydrogen-bond acceptors (Lipinski definition) is 3. The van der Waals surface area contributed by atoms with Gasteiger partial charge in [0, 0.05) is 26.4 Å². The van der Waals surface area contributed by atoms with E-state index in [1.165, 1.54) is 5.01 Å². The molecular weight excluding hydrogens is 194 g/mol. The molecule has 0 aromatic heterocycles. The van der Waals surface area contributed by atoms with E-state index in [4.69, 9.17) is 0 Å². The molecule has 1 aliphatic heterocycles. The van der Waals surface area contributed by atoms with Gasteiger partial charge < -0.3 is 5.32 Å². The third kappa shape index (κ3) is 3.34. The van der Waals surface area contributed by atoms with Crippen molar-refractivity contribution >= 4 is 17.5 Å². The molecule has 1 heterocycles. The lowest BCUT2D eigenvalue weighted by Gasteiger charge is -2.19. The Morgan fingerprint density at radius 2 is 2.20 bits per heavy atom. The van der Waals surface area contributed by atoms with E-state index in [0.29, 0.717) is 31.0 Å². The summed E-state index contributed by atoms with van der Waals surface area (Å²) < 4.78 is 0. The van der Waals surface area contributed by atoms with E-state index in [-0.39, 0.29) is 11.8 Å². The highest BCUT2D eigenvalue weighted by Gasteiger charge is 2.21. The van der Waals surface area contributed by atoms with Crippen molar-refractivity contribution in [3.05, 3.63) is 0 Å². The van der Waals surface area contributed by atoms with Crippen LogP contribution in [0.1, 0.15) is 26.7 Å². The molecule has 0 radical (unpaired) electrons. The van der Waals surface area contributed by atoms with E-state index in [1.807, 2.05) is 13.8 Å². The molecule has 0 aliphatic carbocycles. The second kappa shape index (κ2) is 4.91. The van der Waals surface area contributed by atoms with Gasteiger partial charge in [0.05, 0.1) is 0 Å². The Morgan fingerprint density at radius 3 is 2.73 bits per heavy atom. The molecule has 1 rings (SSSR count). The maximum absolute atomic E-state index is 11.6. The highest BCUT2D eigenvalue weighted by molar-refractivity contribution is 6.39. The molecule has 0 aromatic rings. The minimum absolute atomic E-state index is 0.0459. The molecule has 5 heteroatoms. The van der Waals surface area contributed by atoms with Crippen molar-refractivity contribution in [1.29, 1.82) is 0 Å². The van der Waals surface area contributed by atoms with Gasteiger partial charge in [0.25, 0.3) is 5.91 Å². The van der Waals surface area contributed by atoms with E-state index < -0.39 is 0 Å². The van der Waals surface area contributed by atoms with Gasteiger partial charge in [0.1, 0.15) is 5.71 Å². The van der Waals surface area contributed by atoms with Gasteiger partial charge in [-0.05, 0) is 5.92 Å². The molecule has 15 heavy (non-hydrogen) atoms. The number of nitrogens with one attached hydrogen (secondary N) is 1. The summed E-state index contributed by atoms with van der Waals surface area (Å²) >= 11 is 0. The van der Waals surface area contributed by atoms with E-state index in [1.54, 1.807) is 7.05 Å². The molecule has 0 saturated carbocycles. The monoisotopic (exact) mass is 211 g/mol. The summed E-state index contributed by atoms with van der Waals surface area (Å²) in [5.74, 6) is 0.205. The van der Waals surface area contributed by atoms with Gasteiger partial charge in [-0.25, -0.2) is 5.01 Å². The largest absolute Gasteiger partial charge is 0.351 e. The van der Waals surface area contributed by atoms with E-state index in [0.717, 1.165) is 0 Å². The minimum Gasteiger partial charge on any atom is -0.351 e. The molecule has 0 fully saturated rings. The number of carbonyl (C=O) groups is 2. The molecular formula is C10H17N3O2. The number of rotatable bonds is 3. The third-order valence-corrected chi connectivity index (χ3v) is 2.14. The van der Waals surface area contributed by atoms with Crippen molar-refractivity contribution in [2.45, 2.75) is 26.7 Å². The molecule has 1 N–H and O–H groups in total. The van der Waals surface area contributed by atoms with Crippen molar-refractivity contribution in [2.24, 2.45) is 11.0 Å². The normalized spacial score (nSPS) is 16.7. The Bertz CT molecular complexity index is 297. The van der Waals surface area contributed by atoms with Crippen LogP contribution in [0.2, 0.25) is 0 Å². The Morgan fingerprint density at radius 1 is 1.53 bits per heavy atom. The third-order valence-electron chi connectivity index (χ3n) is 2.14. The molecule has 0 spiro atoms. The second-order valence-corrected chi connectivity index (χ2v) is 4.07. The predicted molar refractivity (Wildman–Crippen MR) is 57.3 cm³/mol. The minimum atomic E-state index is -0.164. The van der Waals surface area contributed by atoms with Crippen LogP contribution >= 0.6 is 0 Å². The standard InChI is InChI=1S/C10H17N3O2/c1-7(2)6-11-10(15)8-4-5-9(14)13(3)12-8/h7H,4-6H2,1-3H3,(H,11,15). The fourth-order valence-electron chi connectivity index (χ4n) is 1.23. The van der Waals surface area contributed by atoms with Crippen molar-refractivity contribution in [1.82, 2.24) is 10.3 Å². The molecule has 84 valence electrons. The quantitative estimate of drug-likeness (QED) is 0.733. The lowest BCUT2D eigenvalue weighted by Crippen LogP contribution is -2.38. The van der Waals surface area contributed by atoms with Crippen LogP contribution in [-0.2, 0) is 9.59 Å². The first-order chi connectivity index (χ1) is 7.00. The summed E-state index contributed by atoms with van der Waals surface area (Å²) in [6.45, 7) is 4.69. The molecule has 0 bridgehead atoms. The fourth-order valence-corrected chi connectivity index (χ4v) is 1.23. The molecule has 1 aliphatic rings. The van der Waals surface area contributed by atoms with Crippen molar-refractivity contribution in [3.63, 3.8) is 0 Å². The van der Waals surface area contributed by atoms with Crippen molar-refractivity contribution in [2.75, 3.05) is 13.6 Å². The summed E-state index contributed by atoms with van der Waals surface area (Å²) in [4.78, 5) is 22.7. The van der Waals surface area contributed by atoms with Crippen molar-refractivity contribution < 1.29 is 9.59 Å². The van der Waals surface area contributed by atoms with Gasteiger partial charge >= 0.3 is 0 Å². The van der Waals surface area contributed by atoms with Crippen LogP contribution in [0.25, 0.3) is 0 Å². The summed E-state index contributed by atoms with van der Waals surface area (Å²) in [5, 5.41) is 7.94. The Kier molecular flexibility index (Phi) is 3.82. The smallest absolute Gasteiger partial charge is 0.267 e. The summed E-state index contributed by atoms with van der Waals surface area (Å²) in [6, 6.07) is 0. The van der Waals surface area contributed by atoms with Gasteiger partial charge in [-0.3, -0.25) is 9.59 Å². The summed E-state index contributed by atoms with van der Waals surface area (Å²) in [5.41, 5.74) is 0.442. The van der Waals surface area contributed by atoms with Crippen LogP contribution in [0.15, 0.2) is 5.10 Å². The second-order valence-electron chi connectivity index (χ2n) is 4.07. The van der Waals surface area contributed by atoms with Crippen LogP contribution in [0.5, 0.6) is 0 Å². The zero-order chi connectivity index (χ0) is 11.4. The average Bonchev–Trinajstić information content (AvgIpc) is 2.18. The SMILES string of the molecule is CC(C)CNC(=O)C1=NN(C)C(=O)CC1. The van der Waals surface area contributed by atoms with Gasteiger partial charge in [-0.2, -0.15) is 5.10 Å². The number of nitrogens with zero attached hydrogens (tertiary/aromatic N) is 2. The Balaban J connectivity index is 2.53. The van der Waals surface area contributed by atoms with Crippen molar-refractivity contribution in [3.8, 4) is 0 Å². The Hall–Kier alpha value is -1.39. The first-order valence-corrected chi connectivity index (χ1v) is 5.13. The number of amides is 2. The number of hydrazone groups is 1. The zero-order valence-electron chi connectivity index (χ0n) is 9.41. The molecule has 5 nitrogen and oxygen atoms in total. The molecule has 2 amide bonds. The number of carbonyl (C=O) groups excluding carboxylic acids is 2. The maximum Gasteiger partial charge on any atom is 0.267 e. The van der Waals surface area contributed by atoms with Crippen LogP contribution < -0.4 is 5.32 Å². The van der Waals surface area contributed by atoms with E-state index in [9.17, 15) is 9.59 Å². The predicted octanol–water partition coefficient (Wildman–Crippen LogP) is 0.367. The molecule has 0 saturated heterocycles. The van der Waals surface area contributed by atoms with Crippen LogP contribution in [0, 0.1) is 5.92 Å². The highest BCUT2D eigenvalue weighted by atomic mass is 16.2. The first-order valence-electron chi connectivity index (χ1n) is 5.13. The number of hydrogen-bond donors (Lipinski definition) is 1. The summed E-state index contributed by atoms with van der Waals surface area (Å²) in [6.07, 6.45) is 0.803. The topological polar surface area (TPSA) is 61.8 Å². The fraction of sp³-hybridized carbons (Fsp3) is 0.700. The Labute approximate surface area is 89.5 Å². The first kappa shape index (κ1) is 11.7. The van der Waals surface area contributed by atoms with E-state index >= 15 is 0 Å². The van der Waals surface area contributed by atoms with E-state index in [2.05, 4.69) is 10.4 Å². The zero-order valence-corrected chi connectivity index (χ0v) is 9.41. The lowest BCUT2D eigenvalue weighted by atomic mass is 10.1. The van der Waals surface area contributed by atoms with Gasteiger partial charge in [-0.15, -0.1) is 0 Å². The molecule has 0 unspecified atom stereocenters. The van der Waals surface area contributed by atoms with Gasteiger partial charge in [0.15, 0.2) is 0 Å². The van der Waals surface area contributed by atoms with Crippen LogP contribution in [0.4, 0.5) is 0 Å². The van der Waals surface area contributed by atoms with Crippen LogP contribution in [-0.4, -0.2) is 36.1 Å². The summed E-state index contributed by atoms with van der Waals surface area (Å²) in [7, 11) is 1.57. The van der Waals surface area contributed by atoms with Gasteiger partial charge in [-0.1, -0.05) is 13.8 Å². The molecule has 0 atom stereocenters.